The van der Waals surface area contributed by atoms with Gasteiger partial charge in [-0.25, -0.2) is 0 Å². The third-order valence-corrected chi connectivity index (χ3v) is 5.67. The van der Waals surface area contributed by atoms with Crippen LogP contribution in [-0.4, -0.2) is 28.4 Å². The molecule has 1 N–H and O–H groups in total. The van der Waals surface area contributed by atoms with E-state index in [2.05, 4.69) is 0 Å². The fourth-order valence-corrected chi connectivity index (χ4v) is 4.19. The number of nitrogens with zero attached hydrogens (tertiary/aromatic N) is 1. The predicted octanol–water partition coefficient (Wildman–Crippen LogP) is 4.28. The lowest BCUT2D eigenvalue weighted by Crippen LogP contribution is -2.38. The molecule has 0 radical (unpaired) electrons. The molecule has 2 aliphatic rings. The van der Waals surface area contributed by atoms with E-state index in [4.69, 9.17) is 11.6 Å². The van der Waals surface area contributed by atoms with Crippen LogP contribution in [0.15, 0.2) is 24.3 Å². The first-order chi connectivity index (χ1) is 11.6. The molecular weight excluding hydrogens is 326 g/mol. The molecule has 1 amide bonds. The Morgan fingerprint density at radius 1 is 1.00 bits per heavy atom. The SMILES string of the molecule is O=C(O)[C@@H]1CC[C@H](C(=O)N2CCCCCC2c2ccc(Cl)cc2)C1. The van der Waals surface area contributed by atoms with E-state index >= 15 is 0 Å². The van der Waals surface area contributed by atoms with Gasteiger partial charge in [-0.2, -0.15) is 0 Å². The van der Waals surface area contributed by atoms with Crippen LogP contribution in [0.5, 0.6) is 0 Å². The molecule has 1 heterocycles. The van der Waals surface area contributed by atoms with Crippen LogP contribution in [0.1, 0.15) is 56.6 Å². The van der Waals surface area contributed by atoms with Crippen molar-refractivity contribution in [1.29, 1.82) is 0 Å². The zero-order valence-electron chi connectivity index (χ0n) is 13.8. The van der Waals surface area contributed by atoms with Gasteiger partial charge < -0.3 is 10.0 Å². The van der Waals surface area contributed by atoms with Gasteiger partial charge >= 0.3 is 5.97 Å². The smallest absolute Gasteiger partial charge is 0.306 e. The van der Waals surface area contributed by atoms with Crippen LogP contribution in [0.2, 0.25) is 5.02 Å². The highest BCUT2D eigenvalue weighted by Gasteiger charge is 2.38. The Hall–Kier alpha value is -1.55. The first-order valence-electron chi connectivity index (χ1n) is 8.85. The Balaban J connectivity index is 1.78. The van der Waals surface area contributed by atoms with Gasteiger partial charge in [0, 0.05) is 17.5 Å². The molecular formula is C19H24ClNO3. The summed E-state index contributed by atoms with van der Waals surface area (Å²) in [6.07, 6.45) is 6.02. The molecule has 1 aromatic rings. The van der Waals surface area contributed by atoms with Crippen molar-refractivity contribution in [2.24, 2.45) is 11.8 Å². The van der Waals surface area contributed by atoms with Gasteiger partial charge in [0.05, 0.1) is 12.0 Å². The monoisotopic (exact) mass is 349 g/mol. The lowest BCUT2D eigenvalue weighted by molar-refractivity contribution is -0.142. The second kappa shape index (κ2) is 7.56. The second-order valence-corrected chi connectivity index (χ2v) is 7.43. The van der Waals surface area contributed by atoms with Crippen LogP contribution < -0.4 is 0 Å². The fraction of sp³-hybridized carbons (Fsp3) is 0.579. The van der Waals surface area contributed by atoms with Crippen molar-refractivity contribution in [3.05, 3.63) is 34.9 Å². The summed E-state index contributed by atoms with van der Waals surface area (Å²) < 4.78 is 0. The summed E-state index contributed by atoms with van der Waals surface area (Å²) in [5, 5.41) is 9.89. The molecule has 1 saturated carbocycles. The minimum absolute atomic E-state index is 0.0844. The van der Waals surface area contributed by atoms with E-state index in [-0.39, 0.29) is 23.8 Å². The van der Waals surface area contributed by atoms with E-state index in [9.17, 15) is 14.7 Å². The third-order valence-electron chi connectivity index (χ3n) is 5.42. The Labute approximate surface area is 147 Å². The van der Waals surface area contributed by atoms with E-state index in [0.29, 0.717) is 24.3 Å². The average molecular weight is 350 g/mol. The van der Waals surface area contributed by atoms with Crippen molar-refractivity contribution in [3.63, 3.8) is 0 Å². The Morgan fingerprint density at radius 2 is 1.71 bits per heavy atom. The molecule has 0 spiro atoms. The van der Waals surface area contributed by atoms with Crippen molar-refractivity contribution in [3.8, 4) is 0 Å². The quantitative estimate of drug-likeness (QED) is 0.885. The van der Waals surface area contributed by atoms with Gasteiger partial charge in [0.15, 0.2) is 0 Å². The van der Waals surface area contributed by atoms with E-state index in [0.717, 1.165) is 37.8 Å². The normalized spacial score (nSPS) is 27.7. The Morgan fingerprint density at radius 3 is 2.38 bits per heavy atom. The van der Waals surface area contributed by atoms with Crippen LogP contribution >= 0.6 is 11.6 Å². The van der Waals surface area contributed by atoms with Crippen molar-refractivity contribution in [1.82, 2.24) is 4.90 Å². The zero-order chi connectivity index (χ0) is 17.1. The number of amides is 1. The Kier molecular flexibility index (Phi) is 5.44. The number of carboxylic acid groups (broad SMARTS) is 1. The molecule has 3 rings (SSSR count). The molecule has 4 nitrogen and oxygen atoms in total. The molecule has 1 aromatic carbocycles. The van der Waals surface area contributed by atoms with E-state index < -0.39 is 5.97 Å². The van der Waals surface area contributed by atoms with E-state index in [1.807, 2.05) is 29.2 Å². The van der Waals surface area contributed by atoms with Crippen molar-refractivity contribution >= 4 is 23.5 Å². The van der Waals surface area contributed by atoms with Crippen molar-refractivity contribution in [2.45, 2.75) is 51.0 Å². The topological polar surface area (TPSA) is 57.6 Å². The molecule has 1 aliphatic carbocycles. The standard InChI is InChI=1S/C19H24ClNO3/c20-16-9-7-13(8-10-16)17-4-2-1-3-11-21(17)18(22)14-5-6-15(12-14)19(23)24/h7-10,14-15,17H,1-6,11-12H2,(H,23,24)/t14-,15+,17?/m0/s1. The van der Waals surface area contributed by atoms with Crippen molar-refractivity contribution in [2.75, 3.05) is 6.54 Å². The maximum Gasteiger partial charge on any atom is 0.306 e. The number of benzene rings is 1. The largest absolute Gasteiger partial charge is 0.481 e. The number of rotatable bonds is 3. The number of carbonyl (C=O) groups excluding carboxylic acids is 1. The van der Waals surface area contributed by atoms with E-state index in [1.54, 1.807) is 0 Å². The number of carboxylic acids is 1. The first-order valence-corrected chi connectivity index (χ1v) is 9.23. The molecule has 3 atom stereocenters. The number of aliphatic carboxylic acids is 1. The van der Waals surface area contributed by atoms with Crippen LogP contribution in [0.4, 0.5) is 0 Å². The minimum Gasteiger partial charge on any atom is -0.481 e. The van der Waals surface area contributed by atoms with Crippen LogP contribution in [0, 0.1) is 11.8 Å². The lowest BCUT2D eigenvalue weighted by Gasteiger charge is -2.32. The molecule has 1 unspecified atom stereocenters. The molecule has 1 aliphatic heterocycles. The molecule has 5 heteroatoms. The van der Waals surface area contributed by atoms with Crippen LogP contribution in [0.3, 0.4) is 0 Å². The second-order valence-electron chi connectivity index (χ2n) is 6.99. The summed E-state index contributed by atoms with van der Waals surface area (Å²) >= 11 is 5.99. The summed E-state index contributed by atoms with van der Waals surface area (Å²) in [5.74, 6) is -1.13. The highest BCUT2D eigenvalue weighted by Crippen LogP contribution is 2.37. The van der Waals surface area contributed by atoms with Gasteiger partial charge in [0.2, 0.25) is 5.91 Å². The lowest BCUT2D eigenvalue weighted by atomic mass is 9.98. The molecule has 2 fully saturated rings. The number of hydrogen-bond donors (Lipinski definition) is 1. The van der Waals surface area contributed by atoms with Gasteiger partial charge in [0.1, 0.15) is 0 Å². The summed E-state index contributed by atoms with van der Waals surface area (Å²) in [4.78, 5) is 26.3. The molecule has 24 heavy (non-hydrogen) atoms. The highest BCUT2D eigenvalue weighted by atomic mass is 35.5. The van der Waals surface area contributed by atoms with Gasteiger partial charge in [-0.1, -0.05) is 36.6 Å². The molecule has 0 bridgehead atoms. The van der Waals surface area contributed by atoms with E-state index in [1.165, 1.54) is 0 Å². The first kappa shape index (κ1) is 17.3. The molecule has 1 saturated heterocycles. The molecule has 0 aromatic heterocycles. The highest BCUT2D eigenvalue weighted by molar-refractivity contribution is 6.30. The third kappa shape index (κ3) is 3.75. The Bertz CT molecular complexity index is 601. The summed E-state index contributed by atoms with van der Waals surface area (Å²) in [6.45, 7) is 0.764. The maximum absolute atomic E-state index is 13.1. The summed E-state index contributed by atoms with van der Waals surface area (Å²) in [7, 11) is 0. The summed E-state index contributed by atoms with van der Waals surface area (Å²) in [5.41, 5.74) is 1.13. The van der Waals surface area contributed by atoms with Gasteiger partial charge in [-0.15, -0.1) is 0 Å². The average Bonchev–Trinajstić information content (AvgIpc) is 2.94. The molecule has 130 valence electrons. The van der Waals surface area contributed by atoms with Gasteiger partial charge in [-0.05, 0) is 49.8 Å². The number of likely N-dealkylation sites (tertiary alicyclic amines) is 1. The van der Waals surface area contributed by atoms with Gasteiger partial charge in [-0.3, -0.25) is 9.59 Å². The minimum atomic E-state index is -0.768. The maximum atomic E-state index is 13.1. The fourth-order valence-electron chi connectivity index (χ4n) is 4.07. The summed E-state index contributed by atoms with van der Waals surface area (Å²) in [6, 6.07) is 7.85. The predicted molar refractivity (Wildman–Crippen MR) is 92.8 cm³/mol. The number of halogens is 1. The zero-order valence-corrected chi connectivity index (χ0v) is 14.5. The van der Waals surface area contributed by atoms with Crippen molar-refractivity contribution < 1.29 is 14.7 Å². The van der Waals surface area contributed by atoms with Crippen LogP contribution in [-0.2, 0) is 9.59 Å². The number of hydrogen-bond acceptors (Lipinski definition) is 2. The number of carbonyl (C=O) groups is 2. The van der Waals surface area contributed by atoms with Gasteiger partial charge in [0.25, 0.3) is 0 Å². The van der Waals surface area contributed by atoms with Crippen LogP contribution in [0.25, 0.3) is 0 Å².